The maximum absolute atomic E-state index is 11.6. The molecule has 1 rings (SSSR count). The number of hydrogen-bond acceptors (Lipinski definition) is 3. The minimum atomic E-state index is -3.32. The average Bonchev–Trinajstić information content (AvgIpc) is 2.44. The smallest absolute Gasteiger partial charge is 0.235 e. The zero-order valence-electron chi connectivity index (χ0n) is 10.2. The standard InChI is InChI=1S/C12H21NO3S/c1-2-9-17(15,16)10-12(14)13-11-7-5-3-4-6-8-11/h2,11H,1,3-10H2,(H,13,14). The van der Waals surface area contributed by atoms with E-state index < -0.39 is 15.6 Å². The molecule has 0 heterocycles. The molecule has 0 saturated heterocycles. The molecule has 0 atom stereocenters. The molecule has 1 aliphatic carbocycles. The molecule has 0 aromatic heterocycles. The van der Waals surface area contributed by atoms with Crippen molar-refractivity contribution in [1.82, 2.24) is 5.32 Å². The molecule has 0 aromatic rings. The lowest BCUT2D eigenvalue weighted by atomic mass is 10.1. The van der Waals surface area contributed by atoms with E-state index in [2.05, 4.69) is 11.9 Å². The van der Waals surface area contributed by atoms with E-state index in [0.717, 1.165) is 25.7 Å². The van der Waals surface area contributed by atoms with Gasteiger partial charge in [-0.2, -0.15) is 0 Å². The number of nitrogens with one attached hydrogen (secondary N) is 1. The summed E-state index contributed by atoms with van der Waals surface area (Å²) in [6, 6.07) is 0.156. The van der Waals surface area contributed by atoms with Gasteiger partial charge in [0.25, 0.3) is 0 Å². The highest BCUT2D eigenvalue weighted by Gasteiger charge is 2.19. The summed E-state index contributed by atoms with van der Waals surface area (Å²) >= 11 is 0. The third kappa shape index (κ3) is 5.86. The van der Waals surface area contributed by atoms with Gasteiger partial charge in [-0.3, -0.25) is 4.79 Å². The number of carbonyl (C=O) groups excluding carboxylic acids is 1. The fourth-order valence-electron chi connectivity index (χ4n) is 2.13. The van der Waals surface area contributed by atoms with Gasteiger partial charge in [-0.05, 0) is 12.8 Å². The normalized spacial score (nSPS) is 18.4. The van der Waals surface area contributed by atoms with E-state index in [1.54, 1.807) is 0 Å². The molecule has 98 valence electrons. The topological polar surface area (TPSA) is 63.2 Å². The Labute approximate surface area is 103 Å². The second-order valence-corrected chi connectivity index (χ2v) is 6.71. The predicted molar refractivity (Wildman–Crippen MR) is 68.5 cm³/mol. The Morgan fingerprint density at radius 2 is 1.82 bits per heavy atom. The van der Waals surface area contributed by atoms with Crippen LogP contribution in [-0.2, 0) is 14.6 Å². The van der Waals surface area contributed by atoms with Crippen molar-refractivity contribution in [2.45, 2.75) is 44.6 Å². The van der Waals surface area contributed by atoms with Gasteiger partial charge in [0.15, 0.2) is 9.84 Å². The molecule has 0 aliphatic heterocycles. The lowest BCUT2D eigenvalue weighted by molar-refractivity contribution is -0.119. The van der Waals surface area contributed by atoms with E-state index in [-0.39, 0.29) is 17.7 Å². The summed E-state index contributed by atoms with van der Waals surface area (Å²) < 4.78 is 22.8. The van der Waals surface area contributed by atoms with Crippen LogP contribution in [0.1, 0.15) is 38.5 Å². The van der Waals surface area contributed by atoms with Crippen molar-refractivity contribution >= 4 is 15.7 Å². The van der Waals surface area contributed by atoms with Gasteiger partial charge in [-0.25, -0.2) is 8.42 Å². The highest BCUT2D eigenvalue weighted by atomic mass is 32.2. The van der Waals surface area contributed by atoms with Gasteiger partial charge in [0.05, 0.1) is 5.75 Å². The third-order valence-electron chi connectivity index (χ3n) is 2.94. The molecule has 0 spiro atoms. The summed E-state index contributed by atoms with van der Waals surface area (Å²) in [5.41, 5.74) is 0. The number of amides is 1. The number of carbonyl (C=O) groups is 1. The SMILES string of the molecule is C=CCS(=O)(=O)CC(=O)NC1CCCCCC1. The van der Waals surface area contributed by atoms with Crippen molar-refractivity contribution in [2.24, 2.45) is 0 Å². The fraction of sp³-hybridized carbons (Fsp3) is 0.750. The molecule has 1 fully saturated rings. The van der Waals surface area contributed by atoms with Crippen molar-refractivity contribution in [3.8, 4) is 0 Å². The molecule has 4 nitrogen and oxygen atoms in total. The summed E-state index contributed by atoms with van der Waals surface area (Å²) in [4.78, 5) is 11.6. The van der Waals surface area contributed by atoms with Crippen LogP contribution in [0.3, 0.4) is 0 Å². The van der Waals surface area contributed by atoms with Gasteiger partial charge in [0, 0.05) is 6.04 Å². The van der Waals surface area contributed by atoms with Crippen LogP contribution in [0, 0.1) is 0 Å². The quantitative estimate of drug-likeness (QED) is 0.600. The lowest BCUT2D eigenvalue weighted by Gasteiger charge is -2.15. The molecule has 1 saturated carbocycles. The average molecular weight is 259 g/mol. The zero-order chi connectivity index (χ0) is 12.7. The van der Waals surface area contributed by atoms with E-state index in [1.807, 2.05) is 0 Å². The molecule has 0 bridgehead atoms. The van der Waals surface area contributed by atoms with Crippen molar-refractivity contribution in [3.63, 3.8) is 0 Å². The van der Waals surface area contributed by atoms with Crippen LogP contribution in [0.25, 0.3) is 0 Å². The second-order valence-electron chi connectivity index (χ2n) is 4.60. The minimum Gasteiger partial charge on any atom is -0.352 e. The van der Waals surface area contributed by atoms with Gasteiger partial charge in [-0.15, -0.1) is 6.58 Å². The monoisotopic (exact) mass is 259 g/mol. The van der Waals surface area contributed by atoms with E-state index in [9.17, 15) is 13.2 Å². The minimum absolute atomic E-state index is 0.134. The molecular weight excluding hydrogens is 238 g/mol. The van der Waals surface area contributed by atoms with E-state index >= 15 is 0 Å². The number of sulfone groups is 1. The third-order valence-corrected chi connectivity index (χ3v) is 4.39. The van der Waals surface area contributed by atoms with Crippen LogP contribution in [0.15, 0.2) is 12.7 Å². The maximum Gasteiger partial charge on any atom is 0.235 e. The predicted octanol–water partition coefficient (Wildman–Crippen LogP) is 1.43. The van der Waals surface area contributed by atoms with Crippen LogP contribution in [0.5, 0.6) is 0 Å². The molecule has 1 amide bonds. The molecule has 0 aromatic carbocycles. The highest BCUT2D eigenvalue weighted by molar-refractivity contribution is 7.92. The van der Waals surface area contributed by atoms with Crippen LogP contribution in [0.2, 0.25) is 0 Å². The summed E-state index contributed by atoms with van der Waals surface area (Å²) in [6.07, 6.45) is 7.89. The first-order valence-corrected chi connectivity index (χ1v) is 7.96. The molecular formula is C12H21NO3S. The summed E-state index contributed by atoms with van der Waals surface area (Å²) in [5, 5.41) is 2.82. The molecule has 0 unspecified atom stereocenters. The highest BCUT2D eigenvalue weighted by Crippen LogP contribution is 2.17. The summed E-state index contributed by atoms with van der Waals surface area (Å²) in [7, 11) is -3.32. The first-order chi connectivity index (χ1) is 8.03. The Kier molecular flexibility index (Phi) is 5.68. The molecule has 1 aliphatic rings. The molecule has 0 radical (unpaired) electrons. The van der Waals surface area contributed by atoms with Crippen LogP contribution < -0.4 is 5.32 Å². The first-order valence-electron chi connectivity index (χ1n) is 6.14. The van der Waals surface area contributed by atoms with Gasteiger partial charge in [-0.1, -0.05) is 31.8 Å². The Morgan fingerprint density at radius 1 is 1.24 bits per heavy atom. The molecule has 1 N–H and O–H groups in total. The van der Waals surface area contributed by atoms with Crippen molar-refractivity contribution in [3.05, 3.63) is 12.7 Å². The molecule has 5 heteroatoms. The maximum atomic E-state index is 11.6. The van der Waals surface area contributed by atoms with Gasteiger partial charge >= 0.3 is 0 Å². The Hall–Kier alpha value is -0.840. The lowest BCUT2D eigenvalue weighted by Crippen LogP contribution is -2.38. The van der Waals surface area contributed by atoms with E-state index in [0.29, 0.717) is 0 Å². The van der Waals surface area contributed by atoms with E-state index in [1.165, 1.54) is 18.9 Å². The number of rotatable bonds is 5. The summed E-state index contributed by atoms with van der Waals surface area (Å²) in [6.45, 7) is 3.37. The van der Waals surface area contributed by atoms with Crippen LogP contribution in [-0.4, -0.2) is 31.9 Å². The number of hydrogen-bond donors (Lipinski definition) is 1. The zero-order valence-corrected chi connectivity index (χ0v) is 11.0. The van der Waals surface area contributed by atoms with Gasteiger partial charge < -0.3 is 5.32 Å². The van der Waals surface area contributed by atoms with Crippen molar-refractivity contribution < 1.29 is 13.2 Å². The second kappa shape index (κ2) is 6.79. The Balaban J connectivity index is 2.40. The van der Waals surface area contributed by atoms with E-state index in [4.69, 9.17) is 0 Å². The Bertz CT molecular complexity index is 354. The first kappa shape index (κ1) is 14.2. The summed E-state index contributed by atoms with van der Waals surface area (Å²) in [5.74, 6) is -0.931. The molecule has 17 heavy (non-hydrogen) atoms. The van der Waals surface area contributed by atoms with Crippen molar-refractivity contribution in [1.29, 1.82) is 0 Å². The largest absolute Gasteiger partial charge is 0.352 e. The van der Waals surface area contributed by atoms with Crippen molar-refractivity contribution in [2.75, 3.05) is 11.5 Å². The van der Waals surface area contributed by atoms with Crippen LogP contribution in [0.4, 0.5) is 0 Å². The van der Waals surface area contributed by atoms with Gasteiger partial charge in [0.1, 0.15) is 5.75 Å². The van der Waals surface area contributed by atoms with Crippen LogP contribution >= 0.6 is 0 Å². The van der Waals surface area contributed by atoms with Gasteiger partial charge in [0.2, 0.25) is 5.91 Å². The fourth-order valence-corrected chi connectivity index (χ4v) is 3.09. The Morgan fingerprint density at radius 3 is 2.35 bits per heavy atom.